The summed E-state index contributed by atoms with van der Waals surface area (Å²) in [7, 11) is 0. The van der Waals surface area contributed by atoms with Crippen LogP contribution in [0.5, 0.6) is 0 Å². The lowest BCUT2D eigenvalue weighted by Crippen LogP contribution is -2.32. The minimum Gasteiger partial charge on any atom is -0.373 e. The van der Waals surface area contributed by atoms with Gasteiger partial charge in [-0.15, -0.1) is 0 Å². The van der Waals surface area contributed by atoms with Crippen molar-refractivity contribution >= 4 is 0 Å². The van der Waals surface area contributed by atoms with Crippen molar-refractivity contribution in [3.05, 3.63) is 35.4 Å². The lowest BCUT2D eigenvalue weighted by Gasteiger charge is -2.26. The highest BCUT2D eigenvalue weighted by molar-refractivity contribution is 5.17. The molecule has 0 saturated heterocycles. The van der Waals surface area contributed by atoms with E-state index in [1.807, 2.05) is 0 Å². The van der Waals surface area contributed by atoms with E-state index in [2.05, 4.69) is 0 Å². The number of benzene rings is 1. The first kappa shape index (κ1) is 12.5. The first-order valence-electron chi connectivity index (χ1n) is 5.95. The van der Waals surface area contributed by atoms with Gasteiger partial charge in [0.05, 0.1) is 12.7 Å². The van der Waals surface area contributed by atoms with Gasteiger partial charge in [0.2, 0.25) is 0 Å². The molecule has 17 heavy (non-hydrogen) atoms. The van der Waals surface area contributed by atoms with E-state index in [1.165, 1.54) is 12.1 Å². The fourth-order valence-electron chi connectivity index (χ4n) is 2.24. The third kappa shape index (κ3) is 3.75. The maximum atomic E-state index is 12.9. The topological polar surface area (TPSA) is 35.2 Å². The summed E-state index contributed by atoms with van der Waals surface area (Å²) in [6.45, 7) is 0.242. The fourth-order valence-corrected chi connectivity index (χ4v) is 2.24. The summed E-state index contributed by atoms with van der Waals surface area (Å²) in [5.74, 6) is -1.13. The van der Waals surface area contributed by atoms with Gasteiger partial charge in [-0.05, 0) is 43.4 Å². The van der Waals surface area contributed by atoms with Crippen molar-refractivity contribution in [1.82, 2.24) is 0 Å². The Morgan fingerprint density at radius 3 is 2.53 bits per heavy atom. The Labute approximate surface area is 99.8 Å². The summed E-state index contributed by atoms with van der Waals surface area (Å²) in [6.07, 6.45) is 4.02. The molecule has 1 aliphatic carbocycles. The van der Waals surface area contributed by atoms with Crippen LogP contribution >= 0.6 is 0 Å². The molecule has 1 aromatic carbocycles. The van der Waals surface area contributed by atoms with Gasteiger partial charge in [-0.1, -0.05) is 0 Å². The first-order chi connectivity index (χ1) is 8.13. The molecule has 2 atom stereocenters. The van der Waals surface area contributed by atoms with Crippen molar-refractivity contribution in [2.75, 3.05) is 0 Å². The summed E-state index contributed by atoms with van der Waals surface area (Å²) >= 11 is 0. The third-order valence-corrected chi connectivity index (χ3v) is 3.07. The molecule has 2 rings (SSSR count). The average molecular weight is 241 g/mol. The van der Waals surface area contributed by atoms with Gasteiger partial charge in [0.15, 0.2) is 0 Å². The zero-order valence-electron chi connectivity index (χ0n) is 9.66. The highest BCUT2D eigenvalue weighted by Gasteiger charge is 2.19. The molecule has 0 heterocycles. The van der Waals surface area contributed by atoms with E-state index in [0.717, 1.165) is 31.7 Å². The molecule has 0 bridgehead atoms. The number of nitrogens with two attached hydrogens (primary N) is 1. The highest BCUT2D eigenvalue weighted by atomic mass is 19.1. The summed E-state index contributed by atoms with van der Waals surface area (Å²) in [5.41, 5.74) is 6.37. The molecule has 94 valence electrons. The predicted molar refractivity (Wildman–Crippen MR) is 61.4 cm³/mol. The molecule has 0 amide bonds. The number of rotatable bonds is 3. The Kier molecular flexibility index (Phi) is 4.07. The minimum atomic E-state index is -0.566. The van der Waals surface area contributed by atoms with Crippen LogP contribution < -0.4 is 5.73 Å². The summed E-state index contributed by atoms with van der Waals surface area (Å²) in [4.78, 5) is 0. The summed E-state index contributed by atoms with van der Waals surface area (Å²) in [6, 6.07) is 3.65. The maximum Gasteiger partial charge on any atom is 0.126 e. The van der Waals surface area contributed by atoms with Crippen LogP contribution in [0.2, 0.25) is 0 Å². The molecule has 2 nitrogen and oxygen atoms in total. The van der Waals surface area contributed by atoms with Crippen molar-refractivity contribution in [3.63, 3.8) is 0 Å². The molecular weight excluding hydrogens is 224 g/mol. The van der Waals surface area contributed by atoms with Gasteiger partial charge >= 0.3 is 0 Å². The summed E-state index contributed by atoms with van der Waals surface area (Å²) in [5, 5.41) is 0. The molecule has 1 aliphatic rings. The fraction of sp³-hybridized carbons (Fsp3) is 0.538. The maximum absolute atomic E-state index is 12.9. The largest absolute Gasteiger partial charge is 0.373 e. The van der Waals surface area contributed by atoms with Crippen molar-refractivity contribution < 1.29 is 13.5 Å². The van der Waals surface area contributed by atoms with Gasteiger partial charge in [0.25, 0.3) is 0 Å². The Morgan fingerprint density at radius 2 is 1.88 bits per heavy atom. The molecule has 0 spiro atoms. The Hall–Kier alpha value is -1.00. The van der Waals surface area contributed by atoms with E-state index >= 15 is 0 Å². The lowest BCUT2D eigenvalue weighted by molar-refractivity contribution is 0.0120. The Morgan fingerprint density at radius 1 is 1.18 bits per heavy atom. The molecule has 4 heteroatoms. The zero-order valence-corrected chi connectivity index (χ0v) is 9.66. The molecule has 2 N–H and O–H groups in total. The first-order valence-corrected chi connectivity index (χ1v) is 5.95. The Bertz CT molecular complexity index is 363. The normalized spacial score (nSPS) is 24.9. The molecule has 0 radical (unpaired) electrons. The predicted octanol–water partition coefficient (Wildman–Crippen LogP) is 2.75. The van der Waals surface area contributed by atoms with E-state index in [9.17, 15) is 8.78 Å². The van der Waals surface area contributed by atoms with E-state index in [4.69, 9.17) is 10.5 Å². The number of hydrogen-bond acceptors (Lipinski definition) is 2. The molecule has 2 unspecified atom stereocenters. The van der Waals surface area contributed by atoms with E-state index in [-0.39, 0.29) is 18.8 Å². The molecule has 1 aromatic rings. The molecule has 0 aromatic heterocycles. The molecule has 1 saturated carbocycles. The number of ether oxygens (including phenoxy) is 1. The van der Waals surface area contributed by atoms with Crippen molar-refractivity contribution in [1.29, 1.82) is 0 Å². The van der Waals surface area contributed by atoms with Crippen molar-refractivity contribution in [2.45, 2.75) is 44.4 Å². The molecule has 0 aliphatic heterocycles. The minimum absolute atomic E-state index is 0.116. The van der Waals surface area contributed by atoms with Gasteiger partial charge < -0.3 is 10.5 Å². The van der Waals surface area contributed by atoms with E-state index in [1.54, 1.807) is 0 Å². The standard InChI is InChI=1S/C13H17F2NO/c14-10-4-9(5-11(15)6-10)8-17-13-3-1-2-12(16)7-13/h4-6,12-13H,1-3,7-8,16H2. The summed E-state index contributed by atoms with van der Waals surface area (Å²) < 4.78 is 31.5. The van der Waals surface area contributed by atoms with Gasteiger partial charge in [-0.25, -0.2) is 8.78 Å². The average Bonchev–Trinajstić information content (AvgIpc) is 2.25. The third-order valence-electron chi connectivity index (χ3n) is 3.07. The zero-order chi connectivity index (χ0) is 12.3. The SMILES string of the molecule is NC1CCCC(OCc2cc(F)cc(F)c2)C1. The quantitative estimate of drug-likeness (QED) is 0.883. The smallest absolute Gasteiger partial charge is 0.126 e. The monoisotopic (exact) mass is 241 g/mol. The van der Waals surface area contributed by atoms with Crippen LogP contribution in [0, 0.1) is 11.6 Å². The van der Waals surface area contributed by atoms with Gasteiger partial charge in [-0.2, -0.15) is 0 Å². The van der Waals surface area contributed by atoms with Gasteiger partial charge in [0.1, 0.15) is 11.6 Å². The number of halogens is 2. The van der Waals surface area contributed by atoms with Gasteiger partial charge in [0, 0.05) is 12.1 Å². The van der Waals surface area contributed by atoms with Crippen LogP contribution in [0.1, 0.15) is 31.2 Å². The van der Waals surface area contributed by atoms with E-state index < -0.39 is 11.6 Å². The van der Waals surface area contributed by atoms with Crippen LogP contribution in [-0.2, 0) is 11.3 Å². The van der Waals surface area contributed by atoms with Crippen LogP contribution in [-0.4, -0.2) is 12.1 Å². The van der Waals surface area contributed by atoms with Crippen molar-refractivity contribution in [3.8, 4) is 0 Å². The highest BCUT2D eigenvalue weighted by Crippen LogP contribution is 2.21. The molecule has 1 fully saturated rings. The second-order valence-electron chi connectivity index (χ2n) is 4.64. The number of hydrogen-bond donors (Lipinski definition) is 1. The van der Waals surface area contributed by atoms with Crippen LogP contribution in [0.4, 0.5) is 8.78 Å². The van der Waals surface area contributed by atoms with Crippen LogP contribution in [0.25, 0.3) is 0 Å². The van der Waals surface area contributed by atoms with Crippen molar-refractivity contribution in [2.24, 2.45) is 5.73 Å². The van der Waals surface area contributed by atoms with Crippen LogP contribution in [0.15, 0.2) is 18.2 Å². The lowest BCUT2D eigenvalue weighted by atomic mass is 9.93. The van der Waals surface area contributed by atoms with Gasteiger partial charge in [-0.3, -0.25) is 0 Å². The second kappa shape index (κ2) is 5.56. The van der Waals surface area contributed by atoms with E-state index in [0.29, 0.717) is 5.56 Å². The molecular formula is C13H17F2NO. The second-order valence-corrected chi connectivity index (χ2v) is 4.64. The Balaban J connectivity index is 1.88. The van der Waals surface area contributed by atoms with Crippen LogP contribution in [0.3, 0.4) is 0 Å².